The molecule has 6 heteroatoms. The Kier molecular flexibility index (Phi) is 6.87. The van der Waals surface area contributed by atoms with Crippen LogP contribution in [0.25, 0.3) is 0 Å². The van der Waals surface area contributed by atoms with Crippen LogP contribution in [0.4, 0.5) is 0 Å². The first-order valence-corrected chi connectivity index (χ1v) is 8.62. The Morgan fingerprint density at radius 2 is 2.26 bits per heavy atom. The summed E-state index contributed by atoms with van der Waals surface area (Å²) in [6.07, 6.45) is 2.75. The van der Waals surface area contributed by atoms with Crippen molar-refractivity contribution in [1.29, 1.82) is 0 Å². The SMILES string of the molecule is CCNC(=NCc1cccnc1OC)N(C)CCc1cccs1. The number of nitrogens with zero attached hydrogens (tertiary/aromatic N) is 3. The lowest BCUT2D eigenvalue weighted by atomic mass is 10.3. The predicted molar refractivity (Wildman–Crippen MR) is 96.3 cm³/mol. The Morgan fingerprint density at radius 3 is 2.96 bits per heavy atom. The number of aliphatic imine (C=N–C) groups is 1. The summed E-state index contributed by atoms with van der Waals surface area (Å²) in [4.78, 5) is 12.5. The van der Waals surface area contributed by atoms with Gasteiger partial charge in [0.15, 0.2) is 5.96 Å². The van der Waals surface area contributed by atoms with Crippen LogP contribution in [0.1, 0.15) is 17.4 Å². The number of rotatable bonds is 7. The van der Waals surface area contributed by atoms with Crippen LogP contribution in [0, 0.1) is 0 Å². The van der Waals surface area contributed by atoms with Gasteiger partial charge in [-0.25, -0.2) is 9.98 Å². The summed E-state index contributed by atoms with van der Waals surface area (Å²) in [7, 11) is 3.70. The number of ether oxygens (including phenoxy) is 1. The Hall–Kier alpha value is -2.08. The zero-order valence-electron chi connectivity index (χ0n) is 14.0. The van der Waals surface area contributed by atoms with Gasteiger partial charge in [-0.15, -0.1) is 11.3 Å². The number of thiophene rings is 1. The monoisotopic (exact) mass is 332 g/mol. The van der Waals surface area contributed by atoms with E-state index >= 15 is 0 Å². The Balaban J connectivity index is 2.00. The van der Waals surface area contributed by atoms with Gasteiger partial charge in [-0.2, -0.15) is 0 Å². The van der Waals surface area contributed by atoms with E-state index in [4.69, 9.17) is 9.73 Å². The molecular formula is C17H24N4OS. The normalized spacial score (nSPS) is 11.3. The maximum Gasteiger partial charge on any atom is 0.218 e. The molecule has 2 heterocycles. The van der Waals surface area contributed by atoms with Crippen LogP contribution in [0.3, 0.4) is 0 Å². The first-order valence-electron chi connectivity index (χ1n) is 7.74. The molecule has 0 saturated carbocycles. The molecule has 124 valence electrons. The van der Waals surface area contributed by atoms with Crippen LogP contribution in [-0.4, -0.2) is 43.1 Å². The first kappa shape index (κ1) is 17.3. The van der Waals surface area contributed by atoms with E-state index in [9.17, 15) is 0 Å². The highest BCUT2D eigenvalue weighted by atomic mass is 32.1. The van der Waals surface area contributed by atoms with E-state index < -0.39 is 0 Å². The van der Waals surface area contributed by atoms with Gasteiger partial charge in [-0.1, -0.05) is 12.1 Å². The number of aromatic nitrogens is 1. The fourth-order valence-electron chi connectivity index (χ4n) is 2.20. The van der Waals surface area contributed by atoms with Crippen molar-refractivity contribution in [2.75, 3.05) is 27.2 Å². The molecule has 0 bridgehead atoms. The average molecular weight is 332 g/mol. The molecule has 0 saturated heterocycles. The molecule has 0 aliphatic rings. The van der Waals surface area contributed by atoms with Crippen LogP contribution in [0.2, 0.25) is 0 Å². The molecule has 1 N–H and O–H groups in total. The lowest BCUT2D eigenvalue weighted by molar-refractivity contribution is 0.392. The van der Waals surface area contributed by atoms with Crippen molar-refractivity contribution in [2.45, 2.75) is 19.9 Å². The van der Waals surface area contributed by atoms with Gasteiger partial charge in [0.2, 0.25) is 5.88 Å². The van der Waals surface area contributed by atoms with Crippen LogP contribution in [-0.2, 0) is 13.0 Å². The fourth-order valence-corrected chi connectivity index (χ4v) is 2.89. The van der Waals surface area contributed by atoms with Crippen LogP contribution in [0.5, 0.6) is 5.88 Å². The van der Waals surface area contributed by atoms with Gasteiger partial charge in [0.25, 0.3) is 0 Å². The van der Waals surface area contributed by atoms with E-state index in [2.05, 4.69) is 46.7 Å². The molecule has 2 aromatic heterocycles. The van der Waals surface area contributed by atoms with Crippen molar-refractivity contribution in [3.63, 3.8) is 0 Å². The van der Waals surface area contributed by atoms with E-state index in [0.29, 0.717) is 12.4 Å². The minimum atomic E-state index is 0.544. The Labute approximate surface area is 142 Å². The van der Waals surface area contributed by atoms with Crippen molar-refractivity contribution < 1.29 is 4.74 Å². The number of hydrogen-bond donors (Lipinski definition) is 1. The van der Waals surface area contributed by atoms with E-state index in [1.54, 1.807) is 24.6 Å². The lowest BCUT2D eigenvalue weighted by Crippen LogP contribution is -2.39. The van der Waals surface area contributed by atoms with E-state index in [1.807, 2.05) is 12.1 Å². The standard InChI is InChI=1S/C17H24N4OS/c1-4-18-17(21(2)11-9-15-8-6-12-23-15)20-13-14-7-5-10-19-16(14)22-3/h5-8,10,12H,4,9,11,13H2,1-3H3,(H,18,20). The largest absolute Gasteiger partial charge is 0.481 e. The van der Waals surface area contributed by atoms with Gasteiger partial charge in [0.05, 0.1) is 13.7 Å². The van der Waals surface area contributed by atoms with Gasteiger partial charge in [-0.05, 0) is 30.9 Å². The molecule has 0 aliphatic heterocycles. The maximum absolute atomic E-state index is 5.28. The second kappa shape index (κ2) is 9.15. The number of guanidine groups is 1. The van der Waals surface area contributed by atoms with Crippen LogP contribution >= 0.6 is 11.3 Å². The number of hydrogen-bond acceptors (Lipinski definition) is 4. The lowest BCUT2D eigenvalue weighted by Gasteiger charge is -2.22. The Bertz CT molecular complexity index is 613. The molecule has 2 rings (SSSR count). The fraction of sp³-hybridized carbons (Fsp3) is 0.412. The molecule has 0 atom stereocenters. The zero-order chi connectivity index (χ0) is 16.5. The van der Waals surface area contributed by atoms with Crippen LogP contribution in [0.15, 0.2) is 40.8 Å². The number of pyridine rings is 1. The van der Waals surface area contributed by atoms with E-state index in [0.717, 1.165) is 31.0 Å². The summed E-state index contributed by atoms with van der Waals surface area (Å²) in [5.74, 6) is 1.53. The summed E-state index contributed by atoms with van der Waals surface area (Å²) in [6, 6.07) is 8.16. The van der Waals surface area contributed by atoms with Crippen molar-refractivity contribution in [1.82, 2.24) is 15.2 Å². The third-order valence-electron chi connectivity index (χ3n) is 3.41. The summed E-state index contributed by atoms with van der Waals surface area (Å²) >= 11 is 1.79. The quantitative estimate of drug-likeness (QED) is 0.626. The number of likely N-dealkylation sites (N-methyl/N-ethyl adjacent to an activating group) is 1. The predicted octanol–water partition coefficient (Wildman–Crippen LogP) is 2.79. The molecule has 0 aromatic carbocycles. The van der Waals surface area contributed by atoms with Crippen molar-refractivity contribution in [3.8, 4) is 5.88 Å². The molecule has 2 aromatic rings. The topological polar surface area (TPSA) is 49.8 Å². The average Bonchev–Trinajstić information content (AvgIpc) is 3.10. The number of methoxy groups -OCH3 is 1. The smallest absolute Gasteiger partial charge is 0.218 e. The summed E-state index contributed by atoms with van der Waals surface area (Å²) in [5.41, 5.74) is 0.983. The molecule has 0 spiro atoms. The number of nitrogens with one attached hydrogen (secondary N) is 1. The zero-order valence-corrected chi connectivity index (χ0v) is 14.8. The van der Waals surface area contributed by atoms with Gasteiger partial charge >= 0.3 is 0 Å². The molecular weight excluding hydrogens is 308 g/mol. The van der Waals surface area contributed by atoms with E-state index in [-0.39, 0.29) is 0 Å². The Morgan fingerprint density at radius 1 is 1.39 bits per heavy atom. The molecule has 0 radical (unpaired) electrons. The minimum absolute atomic E-state index is 0.544. The highest BCUT2D eigenvalue weighted by molar-refractivity contribution is 7.09. The maximum atomic E-state index is 5.28. The highest BCUT2D eigenvalue weighted by Crippen LogP contribution is 2.14. The van der Waals surface area contributed by atoms with Crippen molar-refractivity contribution >= 4 is 17.3 Å². The molecule has 0 aliphatic carbocycles. The van der Waals surface area contributed by atoms with E-state index in [1.165, 1.54) is 4.88 Å². The first-order chi connectivity index (χ1) is 11.2. The summed E-state index contributed by atoms with van der Waals surface area (Å²) in [5, 5.41) is 5.45. The molecule has 5 nitrogen and oxygen atoms in total. The molecule has 23 heavy (non-hydrogen) atoms. The van der Waals surface area contributed by atoms with Gasteiger partial charge < -0.3 is 15.0 Å². The summed E-state index contributed by atoms with van der Waals surface area (Å²) < 4.78 is 5.28. The van der Waals surface area contributed by atoms with Crippen LogP contribution < -0.4 is 10.1 Å². The molecule has 0 fully saturated rings. The second-order valence-electron chi connectivity index (χ2n) is 5.09. The second-order valence-corrected chi connectivity index (χ2v) is 6.13. The van der Waals surface area contributed by atoms with Crippen molar-refractivity contribution in [2.24, 2.45) is 4.99 Å². The third-order valence-corrected chi connectivity index (χ3v) is 4.35. The minimum Gasteiger partial charge on any atom is -0.481 e. The molecule has 0 unspecified atom stereocenters. The van der Waals surface area contributed by atoms with Crippen molar-refractivity contribution in [3.05, 3.63) is 46.3 Å². The molecule has 0 amide bonds. The third kappa shape index (κ3) is 5.25. The summed E-state index contributed by atoms with van der Waals surface area (Å²) in [6.45, 7) is 4.39. The highest BCUT2D eigenvalue weighted by Gasteiger charge is 2.08. The van der Waals surface area contributed by atoms with Gasteiger partial charge in [0, 0.05) is 36.8 Å². The van der Waals surface area contributed by atoms with Gasteiger partial charge in [-0.3, -0.25) is 0 Å². The van der Waals surface area contributed by atoms with Gasteiger partial charge in [0.1, 0.15) is 0 Å².